The molecule has 1 aromatic rings. The Balaban J connectivity index is 1.69. The zero-order valence-corrected chi connectivity index (χ0v) is 13.4. The van der Waals surface area contributed by atoms with E-state index in [2.05, 4.69) is 0 Å². The molecule has 2 aliphatic rings. The molecule has 0 radical (unpaired) electrons. The number of carboxylic acids is 1. The average molecular weight is 337 g/mol. The third kappa shape index (κ3) is 3.42. The van der Waals surface area contributed by atoms with E-state index in [1.165, 1.54) is 18.2 Å². The lowest BCUT2D eigenvalue weighted by molar-refractivity contribution is -0.140. The van der Waals surface area contributed by atoms with Crippen LogP contribution < -0.4 is 0 Å². The molecule has 2 fully saturated rings. The second-order valence-electron chi connectivity index (χ2n) is 6.70. The van der Waals surface area contributed by atoms with Crippen molar-refractivity contribution in [1.82, 2.24) is 4.90 Å². The van der Waals surface area contributed by atoms with Gasteiger partial charge in [0.1, 0.15) is 11.6 Å². The molecule has 1 N–H and O–H groups in total. The predicted molar refractivity (Wildman–Crippen MR) is 83.4 cm³/mol. The summed E-state index contributed by atoms with van der Waals surface area (Å²) in [5, 5.41) is 8.86. The Kier molecular flexibility index (Phi) is 4.83. The Morgan fingerprint density at radius 3 is 2.58 bits per heavy atom. The number of likely N-dealkylation sites (tertiary alicyclic amines) is 1. The number of carbonyl (C=O) groups is 2. The van der Waals surface area contributed by atoms with Gasteiger partial charge in [0.05, 0.1) is 0 Å². The number of piperidine rings is 1. The summed E-state index contributed by atoms with van der Waals surface area (Å²) in [6.45, 7) is 0.603. The molecular weight excluding hydrogens is 316 g/mol. The maximum Gasteiger partial charge on any atom is 0.303 e. The number of nitrogens with zero attached hydrogens (tertiary/aromatic N) is 1. The molecule has 24 heavy (non-hydrogen) atoms. The Bertz CT molecular complexity index is 629. The minimum absolute atomic E-state index is 0.00921. The van der Waals surface area contributed by atoms with Crippen LogP contribution in [0.5, 0.6) is 0 Å². The van der Waals surface area contributed by atoms with Gasteiger partial charge in [-0.05, 0) is 44.2 Å². The third-order valence-electron chi connectivity index (χ3n) is 5.08. The number of carboxylic acid groups (broad SMARTS) is 1. The molecule has 1 aliphatic carbocycles. The maximum atomic E-state index is 13.9. The van der Waals surface area contributed by atoms with Crippen molar-refractivity contribution in [3.8, 4) is 0 Å². The van der Waals surface area contributed by atoms with Gasteiger partial charge in [-0.25, -0.2) is 8.78 Å². The summed E-state index contributed by atoms with van der Waals surface area (Å²) in [4.78, 5) is 25.3. The summed E-state index contributed by atoms with van der Waals surface area (Å²) in [5.74, 6) is -2.95. The van der Waals surface area contributed by atoms with Crippen LogP contribution in [-0.4, -0.2) is 34.5 Å². The van der Waals surface area contributed by atoms with Crippen molar-refractivity contribution in [3.05, 3.63) is 35.4 Å². The van der Waals surface area contributed by atoms with Gasteiger partial charge in [-0.15, -0.1) is 0 Å². The average Bonchev–Trinajstić information content (AvgIpc) is 3.32. The molecule has 0 aromatic heterocycles. The monoisotopic (exact) mass is 337 g/mol. The van der Waals surface area contributed by atoms with Crippen LogP contribution in [0.4, 0.5) is 8.78 Å². The fourth-order valence-corrected chi connectivity index (χ4v) is 3.75. The first-order chi connectivity index (χ1) is 11.5. The molecule has 3 unspecified atom stereocenters. The Labute approximate surface area is 139 Å². The van der Waals surface area contributed by atoms with Crippen LogP contribution in [0.1, 0.15) is 50.0 Å². The van der Waals surface area contributed by atoms with Crippen LogP contribution in [0.3, 0.4) is 0 Å². The van der Waals surface area contributed by atoms with Gasteiger partial charge >= 0.3 is 5.97 Å². The van der Waals surface area contributed by atoms with Crippen molar-refractivity contribution in [3.63, 3.8) is 0 Å². The molecule has 1 heterocycles. The SMILES string of the molecule is O=C(O)CCC1CCCCN1C(=O)C1CC1c1c(F)cccc1F. The Morgan fingerprint density at radius 2 is 1.92 bits per heavy atom. The van der Waals surface area contributed by atoms with Crippen molar-refractivity contribution in [2.24, 2.45) is 5.92 Å². The number of benzene rings is 1. The van der Waals surface area contributed by atoms with Crippen LogP contribution in [0.15, 0.2) is 18.2 Å². The predicted octanol–water partition coefficient (Wildman–Crippen LogP) is 3.31. The lowest BCUT2D eigenvalue weighted by Crippen LogP contribution is -2.44. The fraction of sp³-hybridized carbons (Fsp3) is 0.556. The van der Waals surface area contributed by atoms with Gasteiger partial charge in [0.2, 0.25) is 5.91 Å². The van der Waals surface area contributed by atoms with Crippen molar-refractivity contribution in [2.75, 3.05) is 6.54 Å². The van der Waals surface area contributed by atoms with E-state index < -0.39 is 23.5 Å². The lowest BCUT2D eigenvalue weighted by Gasteiger charge is -2.36. The van der Waals surface area contributed by atoms with Gasteiger partial charge in [0, 0.05) is 36.4 Å². The van der Waals surface area contributed by atoms with Gasteiger partial charge in [-0.3, -0.25) is 9.59 Å². The fourth-order valence-electron chi connectivity index (χ4n) is 3.75. The summed E-state index contributed by atoms with van der Waals surface area (Å²) in [6.07, 6.45) is 3.59. The van der Waals surface area contributed by atoms with Crippen molar-refractivity contribution in [1.29, 1.82) is 0 Å². The van der Waals surface area contributed by atoms with E-state index in [-0.39, 0.29) is 29.9 Å². The quantitative estimate of drug-likeness (QED) is 0.897. The zero-order valence-electron chi connectivity index (χ0n) is 13.4. The summed E-state index contributed by atoms with van der Waals surface area (Å²) < 4.78 is 27.8. The van der Waals surface area contributed by atoms with Gasteiger partial charge in [0.15, 0.2) is 0 Å². The highest BCUT2D eigenvalue weighted by atomic mass is 19.1. The van der Waals surface area contributed by atoms with E-state index in [1.54, 1.807) is 4.90 Å². The first-order valence-electron chi connectivity index (χ1n) is 8.45. The molecule has 1 aromatic carbocycles. The Hall–Kier alpha value is -1.98. The molecule has 1 saturated carbocycles. The summed E-state index contributed by atoms with van der Waals surface area (Å²) >= 11 is 0. The highest BCUT2D eigenvalue weighted by molar-refractivity contribution is 5.83. The summed E-state index contributed by atoms with van der Waals surface area (Å²) in [6, 6.07) is 3.68. The topological polar surface area (TPSA) is 57.6 Å². The molecule has 0 spiro atoms. The molecule has 3 rings (SSSR count). The van der Waals surface area contributed by atoms with Crippen molar-refractivity contribution < 1.29 is 23.5 Å². The van der Waals surface area contributed by atoms with Crippen molar-refractivity contribution >= 4 is 11.9 Å². The smallest absolute Gasteiger partial charge is 0.303 e. The zero-order chi connectivity index (χ0) is 17.3. The van der Waals surface area contributed by atoms with E-state index in [1.807, 2.05) is 0 Å². The van der Waals surface area contributed by atoms with Gasteiger partial charge in [-0.1, -0.05) is 6.07 Å². The minimum Gasteiger partial charge on any atom is -0.481 e. The number of rotatable bonds is 5. The lowest BCUT2D eigenvalue weighted by atomic mass is 9.97. The van der Waals surface area contributed by atoms with Crippen molar-refractivity contribution in [2.45, 2.75) is 50.5 Å². The minimum atomic E-state index is -0.870. The standard InChI is InChI=1S/C18H21F2NO3/c19-14-5-3-6-15(20)17(14)12-10-13(12)18(24)21-9-2-1-4-11(21)7-8-16(22)23/h3,5-6,11-13H,1-2,4,7-10H2,(H,22,23). The van der Waals surface area contributed by atoms with Gasteiger partial charge < -0.3 is 10.0 Å². The van der Waals surface area contributed by atoms with Crippen LogP contribution in [-0.2, 0) is 9.59 Å². The second kappa shape index (κ2) is 6.87. The van der Waals surface area contributed by atoms with Crippen LogP contribution in [0, 0.1) is 17.6 Å². The van der Waals surface area contributed by atoms with E-state index in [0.717, 1.165) is 19.3 Å². The molecule has 0 bridgehead atoms. The first-order valence-corrected chi connectivity index (χ1v) is 8.45. The molecule has 1 aliphatic heterocycles. The molecular formula is C18H21F2NO3. The van der Waals surface area contributed by atoms with Gasteiger partial charge in [-0.2, -0.15) is 0 Å². The number of aliphatic carboxylic acids is 1. The van der Waals surface area contributed by atoms with Crippen LogP contribution >= 0.6 is 0 Å². The maximum absolute atomic E-state index is 13.9. The number of amides is 1. The summed E-state index contributed by atoms with van der Waals surface area (Å²) in [7, 11) is 0. The Morgan fingerprint density at radius 1 is 1.21 bits per heavy atom. The van der Waals surface area contributed by atoms with E-state index >= 15 is 0 Å². The number of halogens is 2. The van der Waals surface area contributed by atoms with Crippen LogP contribution in [0.25, 0.3) is 0 Å². The first kappa shape index (κ1) is 16.9. The number of hydrogen-bond donors (Lipinski definition) is 1. The normalized spacial score (nSPS) is 26.2. The summed E-state index contributed by atoms with van der Waals surface area (Å²) in [5.41, 5.74) is 0.00921. The highest BCUT2D eigenvalue weighted by Gasteiger charge is 2.49. The third-order valence-corrected chi connectivity index (χ3v) is 5.08. The molecule has 6 heteroatoms. The highest BCUT2D eigenvalue weighted by Crippen LogP contribution is 2.50. The van der Waals surface area contributed by atoms with Gasteiger partial charge in [0.25, 0.3) is 0 Å². The second-order valence-corrected chi connectivity index (χ2v) is 6.70. The molecule has 3 atom stereocenters. The van der Waals surface area contributed by atoms with E-state index in [4.69, 9.17) is 5.11 Å². The van der Waals surface area contributed by atoms with E-state index in [9.17, 15) is 18.4 Å². The molecule has 130 valence electrons. The molecule has 1 saturated heterocycles. The number of hydrogen-bond acceptors (Lipinski definition) is 2. The number of carbonyl (C=O) groups excluding carboxylic acids is 1. The van der Waals surface area contributed by atoms with Crippen LogP contribution in [0.2, 0.25) is 0 Å². The molecule has 4 nitrogen and oxygen atoms in total. The van der Waals surface area contributed by atoms with E-state index in [0.29, 0.717) is 19.4 Å². The largest absolute Gasteiger partial charge is 0.481 e. The molecule has 1 amide bonds.